The molecule has 0 aromatic heterocycles. The molecule has 7 heteroatoms. The molecule has 0 bridgehead atoms. The maximum absolute atomic E-state index is 13.2. The van der Waals surface area contributed by atoms with Crippen molar-refractivity contribution in [1.29, 1.82) is 0 Å². The zero-order valence-electron chi connectivity index (χ0n) is 18.7. The molecule has 1 unspecified atom stereocenters. The van der Waals surface area contributed by atoms with E-state index in [-0.39, 0.29) is 18.4 Å². The van der Waals surface area contributed by atoms with Crippen LogP contribution in [0.3, 0.4) is 0 Å². The first-order valence-corrected chi connectivity index (χ1v) is 10.8. The van der Waals surface area contributed by atoms with Crippen LogP contribution in [0.2, 0.25) is 0 Å². The number of carbonyl (C=O) groups excluding carboxylic acids is 3. The Labute approximate surface area is 187 Å². The number of ether oxygens (including phenoxy) is 2. The van der Waals surface area contributed by atoms with Crippen molar-refractivity contribution in [1.82, 2.24) is 9.80 Å². The molecule has 2 heterocycles. The third kappa shape index (κ3) is 4.47. The molecule has 0 N–H and O–H groups in total. The molecule has 4 rings (SSSR count). The second kappa shape index (κ2) is 8.65. The van der Waals surface area contributed by atoms with Crippen molar-refractivity contribution in [2.24, 2.45) is 0 Å². The molecule has 2 aromatic carbocycles. The van der Waals surface area contributed by atoms with Crippen molar-refractivity contribution < 1.29 is 23.9 Å². The van der Waals surface area contributed by atoms with E-state index in [1.165, 1.54) is 0 Å². The van der Waals surface area contributed by atoms with Crippen LogP contribution >= 0.6 is 0 Å². The van der Waals surface area contributed by atoms with Crippen molar-refractivity contribution in [2.45, 2.75) is 32.8 Å². The van der Waals surface area contributed by atoms with Gasteiger partial charge in [-0.2, -0.15) is 0 Å². The van der Waals surface area contributed by atoms with Crippen LogP contribution in [0.1, 0.15) is 34.0 Å². The van der Waals surface area contributed by atoms with Crippen LogP contribution in [-0.2, 0) is 20.7 Å². The van der Waals surface area contributed by atoms with E-state index in [9.17, 15) is 14.4 Å². The van der Waals surface area contributed by atoms with Gasteiger partial charge in [0.1, 0.15) is 5.75 Å². The van der Waals surface area contributed by atoms with Gasteiger partial charge in [-0.05, 0) is 55.7 Å². The number of amides is 2. The van der Waals surface area contributed by atoms with Crippen LogP contribution in [0.25, 0.3) is 0 Å². The summed E-state index contributed by atoms with van der Waals surface area (Å²) >= 11 is 0. The molecule has 0 saturated carbocycles. The number of piperazine rings is 1. The lowest BCUT2D eigenvalue weighted by Crippen LogP contribution is -2.58. The summed E-state index contributed by atoms with van der Waals surface area (Å²) in [6.07, 6.45) is 0.344. The highest BCUT2D eigenvalue weighted by Crippen LogP contribution is 2.30. The Morgan fingerprint density at radius 3 is 2.31 bits per heavy atom. The molecule has 1 atom stereocenters. The Hall–Kier alpha value is -3.35. The van der Waals surface area contributed by atoms with E-state index >= 15 is 0 Å². The van der Waals surface area contributed by atoms with Gasteiger partial charge in [0.2, 0.25) is 0 Å². The number of esters is 1. The van der Waals surface area contributed by atoms with Gasteiger partial charge in [-0.25, -0.2) is 4.79 Å². The monoisotopic (exact) mass is 436 g/mol. The maximum Gasteiger partial charge on any atom is 0.339 e. The molecule has 0 radical (unpaired) electrons. The highest BCUT2D eigenvalue weighted by molar-refractivity contribution is 5.97. The number of carbonyl (C=O) groups is 3. The molecule has 2 aromatic rings. The lowest BCUT2D eigenvalue weighted by atomic mass is 9.88. The van der Waals surface area contributed by atoms with E-state index in [0.717, 1.165) is 16.7 Å². The third-order valence-corrected chi connectivity index (χ3v) is 6.01. The van der Waals surface area contributed by atoms with Crippen LogP contribution < -0.4 is 4.74 Å². The van der Waals surface area contributed by atoms with Gasteiger partial charge in [0.15, 0.2) is 12.2 Å². The van der Waals surface area contributed by atoms with Crippen molar-refractivity contribution in [3.8, 4) is 5.75 Å². The number of fused-ring (bicyclic) bond motifs is 1. The van der Waals surface area contributed by atoms with Crippen molar-refractivity contribution in [3.05, 3.63) is 64.7 Å². The molecule has 0 aliphatic carbocycles. The van der Waals surface area contributed by atoms with Gasteiger partial charge in [0, 0.05) is 32.6 Å². The highest BCUT2D eigenvalue weighted by Gasteiger charge is 2.45. The summed E-state index contributed by atoms with van der Waals surface area (Å²) in [5.74, 6) is -0.128. The number of aryl methyl sites for hydroxylation is 2. The van der Waals surface area contributed by atoms with Crippen molar-refractivity contribution in [2.75, 3.05) is 32.8 Å². The Bertz CT molecular complexity index is 1040. The van der Waals surface area contributed by atoms with Gasteiger partial charge in [-0.1, -0.05) is 24.3 Å². The number of rotatable bonds is 4. The zero-order chi connectivity index (χ0) is 22.9. The van der Waals surface area contributed by atoms with E-state index in [2.05, 4.69) is 0 Å². The van der Waals surface area contributed by atoms with Gasteiger partial charge >= 0.3 is 5.97 Å². The van der Waals surface area contributed by atoms with Crippen LogP contribution in [0.4, 0.5) is 0 Å². The first-order valence-electron chi connectivity index (χ1n) is 10.8. The number of hydrogen-bond donors (Lipinski definition) is 0. The fourth-order valence-electron chi connectivity index (χ4n) is 4.40. The third-order valence-electron chi connectivity index (χ3n) is 6.01. The van der Waals surface area contributed by atoms with Gasteiger partial charge in [-0.3, -0.25) is 9.59 Å². The van der Waals surface area contributed by atoms with E-state index in [0.29, 0.717) is 43.9 Å². The van der Waals surface area contributed by atoms with Gasteiger partial charge in [0.25, 0.3) is 11.8 Å². The summed E-state index contributed by atoms with van der Waals surface area (Å²) < 4.78 is 11.2. The van der Waals surface area contributed by atoms with Gasteiger partial charge in [0.05, 0.1) is 5.56 Å². The fourth-order valence-corrected chi connectivity index (χ4v) is 4.40. The lowest BCUT2D eigenvalue weighted by Gasteiger charge is -2.40. The van der Waals surface area contributed by atoms with E-state index in [1.807, 2.05) is 44.2 Å². The predicted molar refractivity (Wildman–Crippen MR) is 119 cm³/mol. The molecule has 1 saturated heterocycles. The quantitative estimate of drug-likeness (QED) is 0.689. The van der Waals surface area contributed by atoms with Gasteiger partial charge < -0.3 is 19.3 Å². The van der Waals surface area contributed by atoms with Crippen molar-refractivity contribution in [3.63, 3.8) is 0 Å². The minimum atomic E-state index is -1.23. The van der Waals surface area contributed by atoms with Crippen molar-refractivity contribution >= 4 is 17.8 Å². The summed E-state index contributed by atoms with van der Waals surface area (Å²) in [4.78, 5) is 41.6. The van der Waals surface area contributed by atoms with Crippen LogP contribution in [0.5, 0.6) is 5.75 Å². The standard InChI is InChI=1S/C25H28N2O5/c1-17-12-18(2)14-20(13-17)31-16-22(28)26-8-10-27(11-9-26)24(30)25(3)15-19-6-4-5-7-21(19)23(29)32-25/h4-7,12-14H,8-11,15-16H2,1-3H3. The smallest absolute Gasteiger partial charge is 0.339 e. The number of hydrogen-bond acceptors (Lipinski definition) is 5. The zero-order valence-corrected chi connectivity index (χ0v) is 18.7. The molecule has 2 aliphatic rings. The highest BCUT2D eigenvalue weighted by atomic mass is 16.6. The largest absolute Gasteiger partial charge is 0.484 e. The average Bonchev–Trinajstić information content (AvgIpc) is 2.76. The average molecular weight is 437 g/mol. The van der Waals surface area contributed by atoms with Gasteiger partial charge in [-0.15, -0.1) is 0 Å². The first kappa shape index (κ1) is 21.9. The van der Waals surface area contributed by atoms with Crippen LogP contribution in [0, 0.1) is 13.8 Å². The molecule has 2 amide bonds. The number of cyclic esters (lactones) is 1. The molecule has 168 valence electrons. The fraction of sp³-hybridized carbons (Fsp3) is 0.400. The molecule has 0 spiro atoms. The molecule has 2 aliphatic heterocycles. The summed E-state index contributed by atoms with van der Waals surface area (Å²) in [5, 5.41) is 0. The minimum absolute atomic E-state index is 0.0387. The molecule has 7 nitrogen and oxygen atoms in total. The first-order chi connectivity index (χ1) is 15.2. The number of benzene rings is 2. The molecule has 32 heavy (non-hydrogen) atoms. The van der Waals surface area contributed by atoms with E-state index in [1.54, 1.807) is 28.9 Å². The maximum atomic E-state index is 13.2. The Morgan fingerprint density at radius 1 is 1.00 bits per heavy atom. The van der Waals surface area contributed by atoms with Crippen LogP contribution in [0.15, 0.2) is 42.5 Å². The SMILES string of the molecule is Cc1cc(C)cc(OCC(=O)N2CCN(C(=O)C3(C)Cc4ccccc4C(=O)O3)CC2)c1. The topological polar surface area (TPSA) is 76.2 Å². The van der Waals surface area contributed by atoms with Crippen LogP contribution in [-0.4, -0.2) is 66.0 Å². The summed E-state index contributed by atoms with van der Waals surface area (Å²) in [5.41, 5.74) is 2.26. The minimum Gasteiger partial charge on any atom is -0.484 e. The molecular formula is C25H28N2O5. The predicted octanol–water partition coefficient (Wildman–Crippen LogP) is 2.52. The Balaban J connectivity index is 1.33. The van der Waals surface area contributed by atoms with E-state index < -0.39 is 11.6 Å². The molecule has 1 fully saturated rings. The summed E-state index contributed by atoms with van der Waals surface area (Å²) in [7, 11) is 0. The number of nitrogens with zero attached hydrogens (tertiary/aromatic N) is 2. The Kier molecular flexibility index (Phi) is 5.91. The lowest BCUT2D eigenvalue weighted by molar-refractivity contribution is -0.154. The normalized spacial score (nSPS) is 20.4. The second-order valence-electron chi connectivity index (χ2n) is 8.74. The second-order valence-corrected chi connectivity index (χ2v) is 8.74. The molecular weight excluding hydrogens is 408 g/mol. The van der Waals surface area contributed by atoms with E-state index in [4.69, 9.17) is 9.47 Å². The summed E-state index contributed by atoms with van der Waals surface area (Å²) in [6.45, 7) is 7.22. The Morgan fingerprint density at radius 2 is 1.62 bits per heavy atom. The summed E-state index contributed by atoms with van der Waals surface area (Å²) in [6, 6.07) is 13.1.